The van der Waals surface area contributed by atoms with E-state index in [1.54, 1.807) is 0 Å². The van der Waals surface area contributed by atoms with Crippen LogP contribution < -0.4 is 5.32 Å². The van der Waals surface area contributed by atoms with Crippen LogP contribution in [0.15, 0.2) is 0 Å². The number of nitrogens with zero attached hydrogens (tertiary/aromatic N) is 1. The summed E-state index contributed by atoms with van der Waals surface area (Å²) in [6.45, 7) is 10.3. The largest absolute Gasteiger partial charge is 0.313 e. The molecule has 0 fully saturated rings. The first-order valence-corrected chi connectivity index (χ1v) is 6.37. The van der Waals surface area contributed by atoms with Crippen LogP contribution in [0.1, 0.15) is 47.0 Å². The van der Waals surface area contributed by atoms with Gasteiger partial charge in [-0.05, 0) is 46.2 Å². The quantitative estimate of drug-likeness (QED) is 0.668. The van der Waals surface area contributed by atoms with E-state index in [2.05, 4.69) is 52.0 Å². The minimum absolute atomic E-state index is 0.654. The van der Waals surface area contributed by atoms with E-state index in [0.717, 1.165) is 12.5 Å². The van der Waals surface area contributed by atoms with Crippen LogP contribution in [-0.4, -0.2) is 37.6 Å². The zero-order valence-corrected chi connectivity index (χ0v) is 11.5. The number of rotatable bonds is 8. The average molecular weight is 214 g/mol. The van der Waals surface area contributed by atoms with E-state index in [9.17, 15) is 0 Å². The van der Waals surface area contributed by atoms with E-state index in [1.165, 1.54) is 19.3 Å². The van der Waals surface area contributed by atoms with Gasteiger partial charge >= 0.3 is 0 Å². The molecule has 2 nitrogen and oxygen atoms in total. The number of likely N-dealkylation sites (N-methyl/N-ethyl adjacent to an activating group) is 1. The van der Waals surface area contributed by atoms with Crippen molar-refractivity contribution in [3.63, 3.8) is 0 Å². The third-order valence-corrected chi connectivity index (χ3v) is 3.08. The van der Waals surface area contributed by atoms with Crippen molar-refractivity contribution in [3.8, 4) is 0 Å². The van der Waals surface area contributed by atoms with Gasteiger partial charge in [-0.15, -0.1) is 0 Å². The topological polar surface area (TPSA) is 15.3 Å². The van der Waals surface area contributed by atoms with E-state index in [-0.39, 0.29) is 0 Å². The van der Waals surface area contributed by atoms with Crippen molar-refractivity contribution in [2.24, 2.45) is 5.92 Å². The fourth-order valence-electron chi connectivity index (χ4n) is 1.71. The van der Waals surface area contributed by atoms with Gasteiger partial charge in [0.25, 0.3) is 0 Å². The van der Waals surface area contributed by atoms with Crippen molar-refractivity contribution >= 4 is 0 Å². The summed E-state index contributed by atoms with van der Waals surface area (Å²) >= 11 is 0. The molecule has 0 radical (unpaired) electrons. The van der Waals surface area contributed by atoms with Gasteiger partial charge in [-0.25, -0.2) is 0 Å². The molecule has 0 bridgehead atoms. The fourth-order valence-corrected chi connectivity index (χ4v) is 1.71. The molecule has 0 aliphatic heterocycles. The third kappa shape index (κ3) is 7.80. The summed E-state index contributed by atoms with van der Waals surface area (Å²) in [4.78, 5) is 2.31. The smallest absolute Gasteiger partial charge is 0.0212 e. The average Bonchev–Trinajstić information content (AvgIpc) is 2.15. The summed E-state index contributed by atoms with van der Waals surface area (Å²) in [5.41, 5.74) is 0. The lowest BCUT2D eigenvalue weighted by atomic mass is 10.0. The molecule has 2 atom stereocenters. The molecule has 2 unspecified atom stereocenters. The first kappa shape index (κ1) is 14.9. The third-order valence-electron chi connectivity index (χ3n) is 3.08. The summed E-state index contributed by atoms with van der Waals surface area (Å²) < 4.78 is 0. The van der Waals surface area contributed by atoms with Crippen molar-refractivity contribution in [1.82, 2.24) is 10.2 Å². The van der Waals surface area contributed by atoms with Crippen LogP contribution in [0.25, 0.3) is 0 Å². The Morgan fingerprint density at radius 2 is 1.67 bits per heavy atom. The van der Waals surface area contributed by atoms with Crippen molar-refractivity contribution < 1.29 is 0 Å². The molecule has 0 aliphatic carbocycles. The van der Waals surface area contributed by atoms with Crippen LogP contribution in [-0.2, 0) is 0 Å². The van der Waals surface area contributed by atoms with Gasteiger partial charge in [0.15, 0.2) is 0 Å². The van der Waals surface area contributed by atoms with Crippen LogP contribution >= 0.6 is 0 Å². The Labute approximate surface area is 96.4 Å². The number of hydrogen-bond donors (Lipinski definition) is 1. The Morgan fingerprint density at radius 1 is 1.07 bits per heavy atom. The second-order valence-corrected chi connectivity index (χ2v) is 5.31. The van der Waals surface area contributed by atoms with Crippen molar-refractivity contribution in [2.45, 2.75) is 59.0 Å². The fraction of sp³-hybridized carbons (Fsp3) is 1.00. The molecular weight excluding hydrogens is 184 g/mol. The predicted octanol–water partition coefficient (Wildman–Crippen LogP) is 2.74. The minimum Gasteiger partial charge on any atom is -0.313 e. The predicted molar refractivity (Wildman–Crippen MR) is 69.3 cm³/mol. The molecule has 0 saturated carbocycles. The molecular formula is C13H30N2. The molecule has 0 aromatic carbocycles. The molecule has 0 rings (SSSR count). The normalized spacial score (nSPS) is 16.0. The number of nitrogens with one attached hydrogen (secondary N) is 1. The van der Waals surface area contributed by atoms with Gasteiger partial charge in [0.2, 0.25) is 0 Å². The van der Waals surface area contributed by atoms with Gasteiger partial charge in [0, 0.05) is 18.6 Å². The van der Waals surface area contributed by atoms with Crippen molar-refractivity contribution in [2.75, 3.05) is 20.6 Å². The molecule has 0 aliphatic rings. The van der Waals surface area contributed by atoms with E-state index in [0.29, 0.717) is 12.1 Å². The van der Waals surface area contributed by atoms with E-state index >= 15 is 0 Å². The Morgan fingerprint density at radius 3 is 2.07 bits per heavy atom. The Balaban J connectivity index is 3.63. The maximum Gasteiger partial charge on any atom is 0.0212 e. The molecule has 0 heterocycles. The monoisotopic (exact) mass is 214 g/mol. The lowest BCUT2D eigenvalue weighted by Gasteiger charge is -2.25. The van der Waals surface area contributed by atoms with Crippen LogP contribution in [0.4, 0.5) is 0 Å². The molecule has 0 saturated heterocycles. The second-order valence-electron chi connectivity index (χ2n) is 5.31. The molecule has 0 spiro atoms. The number of hydrogen-bond acceptors (Lipinski definition) is 2. The Hall–Kier alpha value is -0.0800. The summed E-state index contributed by atoms with van der Waals surface area (Å²) in [6.07, 6.45) is 3.84. The molecule has 15 heavy (non-hydrogen) atoms. The van der Waals surface area contributed by atoms with Gasteiger partial charge in [-0.2, -0.15) is 0 Å². The lowest BCUT2D eigenvalue weighted by molar-refractivity contribution is 0.266. The van der Waals surface area contributed by atoms with E-state index in [1.807, 2.05) is 0 Å². The summed E-state index contributed by atoms with van der Waals surface area (Å²) in [5, 5.41) is 3.63. The van der Waals surface area contributed by atoms with Crippen molar-refractivity contribution in [1.29, 1.82) is 0 Å². The maximum atomic E-state index is 3.63. The van der Waals surface area contributed by atoms with Crippen molar-refractivity contribution in [3.05, 3.63) is 0 Å². The zero-order chi connectivity index (χ0) is 11.8. The maximum absolute atomic E-state index is 3.63. The molecule has 92 valence electrons. The van der Waals surface area contributed by atoms with Gasteiger partial charge in [-0.1, -0.05) is 20.8 Å². The summed E-state index contributed by atoms with van der Waals surface area (Å²) in [6, 6.07) is 1.33. The Kier molecular flexibility index (Phi) is 8.07. The SMILES string of the molecule is CCC(CNC(C)CCC(C)C)N(C)C. The van der Waals surface area contributed by atoms with Gasteiger partial charge in [-0.3, -0.25) is 0 Å². The summed E-state index contributed by atoms with van der Waals surface area (Å²) in [5.74, 6) is 0.824. The molecule has 0 amide bonds. The molecule has 1 N–H and O–H groups in total. The molecule has 0 aromatic heterocycles. The minimum atomic E-state index is 0.654. The molecule has 0 aromatic rings. The molecule has 2 heteroatoms. The lowest BCUT2D eigenvalue weighted by Crippen LogP contribution is -2.40. The van der Waals surface area contributed by atoms with Crippen LogP contribution in [0.5, 0.6) is 0 Å². The highest BCUT2D eigenvalue weighted by Gasteiger charge is 2.10. The zero-order valence-electron chi connectivity index (χ0n) is 11.5. The van der Waals surface area contributed by atoms with Gasteiger partial charge < -0.3 is 10.2 Å². The van der Waals surface area contributed by atoms with E-state index in [4.69, 9.17) is 0 Å². The standard InChI is InChI=1S/C13H30N2/c1-7-13(15(5)6)10-14-12(4)9-8-11(2)3/h11-14H,7-10H2,1-6H3. The second kappa shape index (κ2) is 8.12. The first-order valence-electron chi connectivity index (χ1n) is 6.37. The van der Waals surface area contributed by atoms with Crippen LogP contribution in [0, 0.1) is 5.92 Å². The van der Waals surface area contributed by atoms with Gasteiger partial charge in [0.1, 0.15) is 0 Å². The van der Waals surface area contributed by atoms with Crippen LogP contribution in [0.2, 0.25) is 0 Å². The highest BCUT2D eigenvalue weighted by atomic mass is 15.1. The first-order chi connectivity index (χ1) is 6.97. The highest BCUT2D eigenvalue weighted by Crippen LogP contribution is 2.07. The van der Waals surface area contributed by atoms with E-state index < -0.39 is 0 Å². The summed E-state index contributed by atoms with van der Waals surface area (Å²) in [7, 11) is 4.32. The van der Waals surface area contributed by atoms with Crippen LogP contribution in [0.3, 0.4) is 0 Å². The Bertz CT molecular complexity index is 143. The van der Waals surface area contributed by atoms with Gasteiger partial charge in [0.05, 0.1) is 0 Å². The highest BCUT2D eigenvalue weighted by molar-refractivity contribution is 4.70.